The molecule has 1 heterocycles. The Kier molecular flexibility index (Phi) is 6.12. The highest BCUT2D eigenvalue weighted by molar-refractivity contribution is 8.55. The lowest BCUT2D eigenvalue weighted by Crippen LogP contribution is -2.08. The van der Waals surface area contributed by atoms with Crippen molar-refractivity contribution in [3.63, 3.8) is 0 Å². The molecule has 0 aliphatic carbocycles. The lowest BCUT2D eigenvalue weighted by atomic mass is 10.0. The molecule has 0 amide bonds. The molecule has 1 unspecified atom stereocenters. The largest absolute Gasteiger partial charge is 0.326 e. The summed E-state index contributed by atoms with van der Waals surface area (Å²) in [5, 5.41) is 3.84. The van der Waals surface area contributed by atoms with Gasteiger partial charge in [0.05, 0.1) is 5.52 Å². The van der Waals surface area contributed by atoms with E-state index in [4.69, 9.17) is 0 Å². The summed E-state index contributed by atoms with van der Waals surface area (Å²) in [4.78, 5) is 14.7. The molecule has 146 valence electrons. The van der Waals surface area contributed by atoms with E-state index in [1.807, 2.05) is 72.8 Å². The zero-order valence-electron chi connectivity index (χ0n) is 15.7. The van der Waals surface area contributed by atoms with E-state index < -0.39 is 6.72 Å². The maximum Gasteiger partial charge on any atom is 0.324 e. The summed E-state index contributed by atoms with van der Waals surface area (Å²) in [5.41, 5.74) is 5.07. The van der Waals surface area contributed by atoms with Crippen LogP contribution in [-0.4, -0.2) is 9.88 Å². The number of fused-ring (bicyclic) bond motifs is 1. The molecule has 0 radical (unpaired) electrons. The van der Waals surface area contributed by atoms with Crippen LogP contribution in [0.1, 0.15) is 11.1 Å². The minimum absolute atomic E-state index is 0.337. The zero-order valence-corrected chi connectivity index (χ0v) is 17.4. The van der Waals surface area contributed by atoms with Gasteiger partial charge in [0.15, 0.2) is 0 Å². The Labute approximate surface area is 174 Å². The van der Waals surface area contributed by atoms with E-state index in [-0.39, 0.29) is 0 Å². The normalized spacial score (nSPS) is 13.3. The van der Waals surface area contributed by atoms with Crippen LogP contribution in [0.15, 0.2) is 91.1 Å². The molecule has 0 saturated heterocycles. The number of nitrogens with one attached hydrogen (secondary N) is 1. The molecule has 6 heteroatoms. The van der Waals surface area contributed by atoms with Crippen molar-refractivity contribution in [1.29, 1.82) is 0 Å². The monoisotopic (exact) mass is 420 g/mol. The average Bonchev–Trinajstić information content (AvgIpc) is 2.77. The van der Waals surface area contributed by atoms with Gasteiger partial charge >= 0.3 is 6.72 Å². The Hall–Kier alpha value is -2.43. The van der Waals surface area contributed by atoms with Gasteiger partial charge in [0.25, 0.3) is 0 Å². The van der Waals surface area contributed by atoms with Crippen molar-refractivity contribution in [3.8, 4) is 11.1 Å². The fourth-order valence-electron chi connectivity index (χ4n) is 3.12. The molecule has 0 bridgehead atoms. The zero-order chi connectivity index (χ0) is 20.1. The summed E-state index contributed by atoms with van der Waals surface area (Å²) in [6.45, 7) is -3.20. The Morgan fingerprint density at radius 1 is 0.862 bits per heavy atom. The molecule has 0 aliphatic rings. The van der Waals surface area contributed by atoms with E-state index in [0.717, 1.165) is 44.5 Å². The maximum atomic E-state index is 12.6. The molecule has 1 aromatic heterocycles. The molecule has 0 spiro atoms. The number of hydrogen-bond donors (Lipinski definition) is 2. The summed E-state index contributed by atoms with van der Waals surface area (Å²) in [5.74, 6) is 0.419. The van der Waals surface area contributed by atoms with Gasteiger partial charge in [-0.05, 0) is 39.7 Å². The first kappa shape index (κ1) is 19.9. The summed E-state index contributed by atoms with van der Waals surface area (Å²) >= 11 is 1.03. The topological polar surface area (TPSA) is 62.2 Å². The molecule has 1 atom stereocenters. The highest BCUT2D eigenvalue weighted by Gasteiger charge is 2.19. The number of para-hydroxylation sites is 1. The maximum absolute atomic E-state index is 12.6. The quantitative estimate of drug-likeness (QED) is 0.358. The van der Waals surface area contributed by atoms with Gasteiger partial charge in [-0.3, -0.25) is 9.55 Å². The van der Waals surface area contributed by atoms with Crippen molar-refractivity contribution in [1.82, 2.24) is 10.1 Å². The van der Waals surface area contributed by atoms with Crippen LogP contribution in [-0.2, 0) is 16.9 Å². The first-order chi connectivity index (χ1) is 14.1. The van der Waals surface area contributed by atoms with Crippen molar-refractivity contribution >= 4 is 29.0 Å². The first-order valence-corrected chi connectivity index (χ1v) is 12.6. The number of nitrogens with zero attached hydrogens (tertiary/aromatic N) is 1. The van der Waals surface area contributed by atoms with Crippen molar-refractivity contribution in [3.05, 3.63) is 102 Å². The highest BCUT2D eigenvalue weighted by atomic mass is 32.7. The molecule has 2 N–H and O–H groups in total. The summed E-state index contributed by atoms with van der Waals surface area (Å²) < 4.78 is 12.6. The van der Waals surface area contributed by atoms with Crippen LogP contribution >= 0.6 is 18.1 Å². The molecule has 0 saturated carbocycles. The van der Waals surface area contributed by atoms with E-state index >= 15 is 0 Å². The average molecular weight is 420 g/mol. The van der Waals surface area contributed by atoms with Crippen molar-refractivity contribution in [2.24, 2.45) is 0 Å². The van der Waals surface area contributed by atoms with E-state index in [1.165, 1.54) is 0 Å². The minimum atomic E-state index is -3.53. The fraction of sp³-hybridized carbons (Fsp3) is 0.0870. The van der Waals surface area contributed by atoms with Gasteiger partial charge < -0.3 is 4.89 Å². The Bertz CT molecular complexity index is 1150. The second kappa shape index (κ2) is 8.93. The lowest BCUT2D eigenvalue weighted by Gasteiger charge is -2.13. The van der Waals surface area contributed by atoms with Crippen LogP contribution in [0.3, 0.4) is 0 Å². The van der Waals surface area contributed by atoms with Gasteiger partial charge in [-0.15, -0.1) is 0 Å². The van der Waals surface area contributed by atoms with Crippen molar-refractivity contribution in [2.75, 3.05) is 0 Å². The van der Waals surface area contributed by atoms with E-state index in [1.54, 1.807) is 6.20 Å². The lowest BCUT2D eigenvalue weighted by molar-refractivity contribution is 0.482. The van der Waals surface area contributed by atoms with Crippen LogP contribution in [0.4, 0.5) is 0 Å². The van der Waals surface area contributed by atoms with Crippen LogP contribution in [0.5, 0.6) is 0 Å². The Balaban J connectivity index is 1.37. The third kappa shape index (κ3) is 5.14. The van der Waals surface area contributed by atoms with Gasteiger partial charge in [0, 0.05) is 23.9 Å². The second-order valence-electron chi connectivity index (χ2n) is 6.68. The van der Waals surface area contributed by atoms with E-state index in [2.05, 4.69) is 22.2 Å². The summed E-state index contributed by atoms with van der Waals surface area (Å²) in [6.07, 6.45) is 1.74. The molecule has 3 aromatic carbocycles. The van der Waals surface area contributed by atoms with Crippen LogP contribution in [0.25, 0.3) is 22.0 Å². The molecule has 4 aromatic rings. The predicted molar refractivity (Wildman–Crippen MR) is 122 cm³/mol. The number of rotatable bonds is 7. The summed E-state index contributed by atoms with van der Waals surface area (Å²) in [7, 11) is 0. The number of pyridine rings is 1. The van der Waals surface area contributed by atoms with E-state index in [9.17, 15) is 9.46 Å². The van der Waals surface area contributed by atoms with Crippen LogP contribution in [0, 0.1) is 0 Å². The fourth-order valence-corrected chi connectivity index (χ4v) is 5.55. The Morgan fingerprint density at radius 2 is 1.59 bits per heavy atom. The molecular formula is C23H21N2O2PS. The van der Waals surface area contributed by atoms with Crippen LogP contribution in [0.2, 0.25) is 0 Å². The highest BCUT2D eigenvalue weighted by Crippen LogP contribution is 2.52. The molecule has 0 fully saturated rings. The third-order valence-corrected chi connectivity index (χ3v) is 7.83. The number of aromatic nitrogens is 1. The van der Waals surface area contributed by atoms with Crippen molar-refractivity contribution < 1.29 is 9.46 Å². The SMILES string of the molecule is O=P(O)(NCc1ccc(-c2ccccc2)cc1)SCc1cccc2cccnc12. The number of benzene rings is 3. The first-order valence-electron chi connectivity index (χ1n) is 9.30. The smallest absolute Gasteiger partial charge is 0.324 e. The van der Waals surface area contributed by atoms with Gasteiger partial charge in [0.1, 0.15) is 0 Å². The second-order valence-corrected chi connectivity index (χ2v) is 10.8. The van der Waals surface area contributed by atoms with Gasteiger partial charge in [-0.25, -0.2) is 5.09 Å². The third-order valence-electron chi connectivity index (χ3n) is 4.66. The molecule has 29 heavy (non-hydrogen) atoms. The van der Waals surface area contributed by atoms with Crippen molar-refractivity contribution in [2.45, 2.75) is 12.3 Å². The molecular weight excluding hydrogens is 399 g/mol. The van der Waals surface area contributed by atoms with Gasteiger partial charge in [-0.1, -0.05) is 78.9 Å². The Morgan fingerprint density at radius 3 is 2.38 bits per heavy atom. The molecule has 0 aliphatic heterocycles. The van der Waals surface area contributed by atoms with E-state index in [0.29, 0.717) is 12.3 Å². The standard InChI is InChI=1S/C23H21N2O2PS/c26-28(27,29-17-22-9-4-8-21-10-5-15-24-23(21)22)25-16-18-11-13-20(14-12-18)19-6-2-1-3-7-19/h1-15H,16-17H2,(H2,25,26,27). The molecule has 4 rings (SSSR count). The molecule has 4 nitrogen and oxygen atoms in total. The van der Waals surface area contributed by atoms with Crippen LogP contribution < -0.4 is 5.09 Å². The van der Waals surface area contributed by atoms with Gasteiger partial charge in [-0.2, -0.15) is 0 Å². The number of hydrogen-bond acceptors (Lipinski definition) is 3. The van der Waals surface area contributed by atoms with Gasteiger partial charge in [0.2, 0.25) is 0 Å². The minimum Gasteiger partial charge on any atom is -0.326 e. The summed E-state index contributed by atoms with van der Waals surface area (Å²) in [6, 6.07) is 27.9. The predicted octanol–water partition coefficient (Wildman–Crippen LogP) is 6.03.